The molecule has 1 aliphatic heterocycles. The summed E-state index contributed by atoms with van der Waals surface area (Å²) in [5.41, 5.74) is 0.273. The van der Waals surface area contributed by atoms with Crippen molar-refractivity contribution in [2.75, 3.05) is 26.2 Å². The van der Waals surface area contributed by atoms with Crippen molar-refractivity contribution in [3.8, 4) is 0 Å². The van der Waals surface area contributed by atoms with Crippen LogP contribution in [0.4, 0.5) is 4.39 Å². The van der Waals surface area contributed by atoms with E-state index in [9.17, 15) is 9.18 Å². The van der Waals surface area contributed by atoms with Crippen molar-refractivity contribution in [3.63, 3.8) is 0 Å². The molecule has 6 heteroatoms. The van der Waals surface area contributed by atoms with Crippen LogP contribution in [0.2, 0.25) is 0 Å². The first-order valence-corrected chi connectivity index (χ1v) is 6.67. The predicted molar refractivity (Wildman–Crippen MR) is 79.1 cm³/mol. The lowest BCUT2D eigenvalue weighted by Gasteiger charge is -2.38. The summed E-state index contributed by atoms with van der Waals surface area (Å²) in [4.78, 5) is 15.3. The first kappa shape index (κ1) is 15.9. The number of nitrogens with zero attached hydrogens (tertiary/aromatic N) is 3. The smallest absolute Gasteiger partial charge is 0.246 e. The van der Waals surface area contributed by atoms with Crippen molar-refractivity contribution in [2.45, 2.75) is 19.4 Å². The fourth-order valence-corrected chi connectivity index (χ4v) is 2.55. The molecule has 0 spiro atoms. The van der Waals surface area contributed by atoms with E-state index in [2.05, 4.69) is 35.3 Å². The monoisotopic (exact) mass is 285 g/mol. The van der Waals surface area contributed by atoms with Crippen molar-refractivity contribution < 1.29 is 9.18 Å². The van der Waals surface area contributed by atoms with Gasteiger partial charge in [-0.15, -0.1) is 0 Å². The highest BCUT2D eigenvalue weighted by Gasteiger charge is 2.28. The van der Waals surface area contributed by atoms with Gasteiger partial charge in [-0.2, -0.15) is 0 Å². The molecule has 4 nitrogen and oxygen atoms in total. The molecule has 0 saturated carbocycles. The molecule has 1 rings (SSSR count). The van der Waals surface area contributed by atoms with Gasteiger partial charge in [0, 0.05) is 26.2 Å². The summed E-state index contributed by atoms with van der Waals surface area (Å²) in [6.07, 6.45) is 2.04. The Morgan fingerprint density at radius 2 is 2.05 bits per heavy atom. The molecule has 0 bridgehead atoms. The molecule has 1 amide bonds. The first-order valence-electron chi connectivity index (χ1n) is 6.27. The molecule has 1 aliphatic rings. The SMILES string of the molecule is C=CC(=O)N1CCN(C(CC)/C(=N\S)C(=C)F)CC1. The van der Waals surface area contributed by atoms with Crippen LogP contribution in [0.1, 0.15) is 13.3 Å². The third-order valence-corrected chi connectivity index (χ3v) is 3.54. The zero-order valence-corrected chi connectivity index (χ0v) is 12.1. The van der Waals surface area contributed by atoms with E-state index in [0.29, 0.717) is 26.2 Å². The van der Waals surface area contributed by atoms with Gasteiger partial charge in [-0.1, -0.05) is 20.1 Å². The van der Waals surface area contributed by atoms with E-state index in [0.717, 1.165) is 6.42 Å². The summed E-state index contributed by atoms with van der Waals surface area (Å²) in [6, 6.07) is -0.143. The number of hydrogen-bond donors (Lipinski definition) is 1. The summed E-state index contributed by atoms with van der Waals surface area (Å²) in [6.45, 7) is 11.3. The van der Waals surface area contributed by atoms with Gasteiger partial charge in [0.25, 0.3) is 0 Å². The Balaban J connectivity index is 2.69. The number of carbonyl (C=O) groups excluding carboxylic acids is 1. The fraction of sp³-hybridized carbons (Fsp3) is 0.538. The van der Waals surface area contributed by atoms with Gasteiger partial charge in [-0.3, -0.25) is 9.69 Å². The van der Waals surface area contributed by atoms with Crippen LogP contribution in [-0.4, -0.2) is 53.6 Å². The molecule has 1 atom stereocenters. The third kappa shape index (κ3) is 3.91. The van der Waals surface area contributed by atoms with Gasteiger partial charge in [0.05, 0.1) is 6.04 Å². The van der Waals surface area contributed by atoms with Crippen LogP contribution in [0.25, 0.3) is 0 Å². The minimum Gasteiger partial charge on any atom is -0.337 e. The lowest BCUT2D eigenvalue weighted by Crippen LogP contribution is -2.53. The number of hydrogen-bond acceptors (Lipinski definition) is 4. The quantitative estimate of drug-likeness (QED) is 0.475. The first-order chi connectivity index (χ1) is 9.04. The Morgan fingerprint density at radius 1 is 1.47 bits per heavy atom. The zero-order chi connectivity index (χ0) is 14.4. The molecule has 1 saturated heterocycles. The average Bonchev–Trinajstić information content (AvgIpc) is 2.43. The molecular weight excluding hydrogens is 265 g/mol. The van der Waals surface area contributed by atoms with E-state index in [4.69, 9.17) is 0 Å². The minimum atomic E-state index is -0.550. The zero-order valence-electron chi connectivity index (χ0n) is 11.2. The molecule has 19 heavy (non-hydrogen) atoms. The van der Waals surface area contributed by atoms with E-state index >= 15 is 0 Å². The van der Waals surface area contributed by atoms with Gasteiger partial charge < -0.3 is 4.90 Å². The normalized spacial score (nSPS) is 19.1. The Morgan fingerprint density at radius 3 is 2.42 bits per heavy atom. The van der Waals surface area contributed by atoms with Gasteiger partial charge in [-0.25, -0.2) is 8.79 Å². The van der Waals surface area contributed by atoms with Crippen molar-refractivity contribution in [2.24, 2.45) is 4.40 Å². The highest BCUT2D eigenvalue weighted by Crippen LogP contribution is 2.16. The Bertz CT molecular complexity index is 389. The van der Waals surface area contributed by atoms with Crippen LogP contribution < -0.4 is 0 Å². The summed E-state index contributed by atoms with van der Waals surface area (Å²) < 4.78 is 17.0. The average molecular weight is 285 g/mol. The maximum atomic E-state index is 13.3. The topological polar surface area (TPSA) is 35.9 Å². The number of carbonyl (C=O) groups is 1. The fourth-order valence-electron chi connectivity index (χ4n) is 2.31. The predicted octanol–water partition coefficient (Wildman–Crippen LogP) is 1.86. The molecular formula is C13H20FN3OS. The third-order valence-electron chi connectivity index (χ3n) is 3.33. The molecule has 1 unspecified atom stereocenters. The molecule has 0 aromatic rings. The molecule has 0 aromatic carbocycles. The van der Waals surface area contributed by atoms with Crippen LogP contribution in [0.5, 0.6) is 0 Å². The van der Waals surface area contributed by atoms with Gasteiger partial charge in [0.1, 0.15) is 11.5 Å². The number of piperazine rings is 1. The van der Waals surface area contributed by atoms with Crippen molar-refractivity contribution in [1.82, 2.24) is 9.80 Å². The summed E-state index contributed by atoms with van der Waals surface area (Å²) in [7, 11) is 0. The molecule has 1 heterocycles. The second-order valence-electron chi connectivity index (χ2n) is 4.38. The van der Waals surface area contributed by atoms with E-state index in [1.54, 1.807) is 4.90 Å². The van der Waals surface area contributed by atoms with Gasteiger partial charge in [0.15, 0.2) is 0 Å². The maximum absolute atomic E-state index is 13.3. The summed E-state index contributed by atoms with van der Waals surface area (Å²) in [5, 5.41) is 0. The molecule has 0 N–H and O–H groups in total. The van der Waals surface area contributed by atoms with Crippen LogP contribution in [0, 0.1) is 0 Å². The lowest BCUT2D eigenvalue weighted by molar-refractivity contribution is -0.127. The highest BCUT2D eigenvalue weighted by molar-refractivity contribution is 7.79. The van der Waals surface area contributed by atoms with Crippen molar-refractivity contribution in [1.29, 1.82) is 0 Å². The Labute approximate surface area is 119 Å². The van der Waals surface area contributed by atoms with E-state index in [-0.39, 0.29) is 17.7 Å². The van der Waals surface area contributed by atoms with Crippen LogP contribution in [-0.2, 0) is 4.79 Å². The van der Waals surface area contributed by atoms with Crippen molar-refractivity contribution in [3.05, 3.63) is 25.1 Å². The summed E-state index contributed by atoms with van der Waals surface area (Å²) >= 11 is 3.82. The molecule has 0 aromatic heterocycles. The number of rotatable bonds is 5. The number of amides is 1. The van der Waals surface area contributed by atoms with Crippen LogP contribution >= 0.6 is 12.8 Å². The van der Waals surface area contributed by atoms with Gasteiger partial charge >= 0.3 is 0 Å². The standard InChI is InChI=1S/C13H20FN3OS/c1-4-11(13(15-19)10(3)14)16-6-8-17(9-7-16)12(18)5-2/h5,11,19H,2-4,6-9H2,1H3/b15-13-. The van der Waals surface area contributed by atoms with E-state index in [1.165, 1.54) is 6.08 Å². The summed E-state index contributed by atoms with van der Waals surface area (Å²) in [5.74, 6) is -0.614. The van der Waals surface area contributed by atoms with E-state index in [1.807, 2.05) is 6.92 Å². The van der Waals surface area contributed by atoms with Crippen molar-refractivity contribution >= 4 is 24.4 Å². The van der Waals surface area contributed by atoms with Gasteiger partial charge in [0.2, 0.25) is 5.91 Å². The van der Waals surface area contributed by atoms with Crippen LogP contribution in [0.3, 0.4) is 0 Å². The highest BCUT2D eigenvalue weighted by atomic mass is 32.1. The Kier molecular flexibility index (Phi) is 6.24. The molecule has 106 valence electrons. The van der Waals surface area contributed by atoms with Gasteiger partial charge in [-0.05, 0) is 25.3 Å². The Hall–Kier alpha value is -1.14. The molecule has 0 aliphatic carbocycles. The van der Waals surface area contributed by atoms with E-state index < -0.39 is 5.83 Å². The van der Waals surface area contributed by atoms with Crippen LogP contribution in [0.15, 0.2) is 29.5 Å². The minimum absolute atomic E-state index is 0.0642. The second kappa shape index (κ2) is 7.45. The largest absolute Gasteiger partial charge is 0.337 e. The number of halogens is 1. The maximum Gasteiger partial charge on any atom is 0.246 e. The molecule has 1 fully saturated rings. The number of thiol groups is 1. The second-order valence-corrected chi connectivity index (χ2v) is 4.58. The lowest BCUT2D eigenvalue weighted by atomic mass is 10.1. The molecule has 0 radical (unpaired) electrons.